The van der Waals surface area contributed by atoms with Gasteiger partial charge in [-0.15, -0.1) is 0 Å². The number of rotatable bonds is 4. The Morgan fingerprint density at radius 3 is 2.48 bits per heavy atom. The van der Waals surface area contributed by atoms with E-state index in [0.717, 1.165) is 24.3 Å². The lowest BCUT2D eigenvalue weighted by molar-refractivity contribution is 0.0516. The number of anilines is 1. The minimum Gasteiger partial charge on any atom is -0.444 e. The lowest BCUT2D eigenvalue weighted by atomic mass is 9.99. The molecule has 0 saturated carbocycles. The number of amides is 1. The van der Waals surface area contributed by atoms with Crippen molar-refractivity contribution in [3.8, 4) is 0 Å². The highest BCUT2D eigenvalue weighted by Gasteiger charge is 2.27. The Kier molecular flexibility index (Phi) is 4.73. The van der Waals surface area contributed by atoms with E-state index in [4.69, 9.17) is 9.84 Å². The molecule has 0 spiro atoms. The molecule has 116 valence electrons. The van der Waals surface area contributed by atoms with Crippen molar-refractivity contribution in [2.24, 2.45) is 5.92 Å². The van der Waals surface area contributed by atoms with E-state index in [1.54, 1.807) is 0 Å². The van der Waals surface area contributed by atoms with Gasteiger partial charge in [-0.05, 0) is 38.5 Å². The first-order valence-corrected chi connectivity index (χ1v) is 7.29. The molecule has 5 nitrogen and oxygen atoms in total. The first-order valence-electron chi connectivity index (χ1n) is 7.29. The average molecular weight is 292 g/mol. The molecule has 2 rings (SSSR count). The highest BCUT2D eigenvalue weighted by molar-refractivity contribution is 5.67. The molecule has 1 amide bonds. The molecule has 5 heteroatoms. The Morgan fingerprint density at radius 2 is 1.95 bits per heavy atom. The van der Waals surface area contributed by atoms with E-state index in [-0.39, 0.29) is 12.7 Å². The summed E-state index contributed by atoms with van der Waals surface area (Å²) in [4.78, 5) is 13.8. The van der Waals surface area contributed by atoms with Crippen molar-refractivity contribution in [1.82, 2.24) is 5.32 Å². The van der Waals surface area contributed by atoms with Crippen LogP contribution in [0.1, 0.15) is 26.3 Å². The van der Waals surface area contributed by atoms with Crippen LogP contribution in [0, 0.1) is 5.92 Å². The Hall–Kier alpha value is -1.75. The van der Waals surface area contributed by atoms with Gasteiger partial charge in [0.15, 0.2) is 0 Å². The van der Waals surface area contributed by atoms with Crippen LogP contribution in [0.2, 0.25) is 0 Å². The van der Waals surface area contributed by atoms with E-state index in [0.29, 0.717) is 12.5 Å². The molecule has 0 radical (unpaired) electrons. The standard InChI is InChI=1S/C16H24N2O3/c1-16(2,3)21-15(20)17-8-13-9-18(10-13)14-6-4-12(11-19)5-7-14/h4-7,13,19H,8-11H2,1-3H3,(H,17,20). The summed E-state index contributed by atoms with van der Waals surface area (Å²) in [6.45, 7) is 8.13. The van der Waals surface area contributed by atoms with Crippen LogP contribution < -0.4 is 10.2 Å². The van der Waals surface area contributed by atoms with E-state index in [9.17, 15) is 4.79 Å². The molecule has 21 heavy (non-hydrogen) atoms. The second-order valence-electron chi connectivity index (χ2n) is 6.48. The molecule has 1 aromatic rings. The number of carbonyl (C=O) groups excluding carboxylic acids is 1. The predicted octanol–water partition coefficient (Wildman–Crippen LogP) is 2.14. The van der Waals surface area contributed by atoms with Gasteiger partial charge in [0.1, 0.15) is 5.60 Å². The Morgan fingerprint density at radius 1 is 1.33 bits per heavy atom. The van der Waals surface area contributed by atoms with E-state index in [1.807, 2.05) is 45.0 Å². The van der Waals surface area contributed by atoms with Crippen molar-refractivity contribution in [3.05, 3.63) is 29.8 Å². The molecule has 1 aliphatic rings. The third kappa shape index (κ3) is 4.63. The summed E-state index contributed by atoms with van der Waals surface area (Å²) in [6, 6.07) is 7.90. The summed E-state index contributed by atoms with van der Waals surface area (Å²) in [5.41, 5.74) is 1.62. The zero-order chi connectivity index (χ0) is 15.5. The number of benzene rings is 1. The van der Waals surface area contributed by atoms with Crippen molar-refractivity contribution in [1.29, 1.82) is 0 Å². The van der Waals surface area contributed by atoms with Crippen LogP contribution in [0.4, 0.5) is 10.5 Å². The van der Waals surface area contributed by atoms with Crippen LogP contribution in [0.5, 0.6) is 0 Å². The Labute approximate surface area is 125 Å². The quantitative estimate of drug-likeness (QED) is 0.892. The van der Waals surface area contributed by atoms with Crippen molar-refractivity contribution in [3.63, 3.8) is 0 Å². The van der Waals surface area contributed by atoms with Gasteiger partial charge >= 0.3 is 6.09 Å². The zero-order valence-electron chi connectivity index (χ0n) is 12.9. The minimum atomic E-state index is -0.454. The van der Waals surface area contributed by atoms with Crippen LogP contribution in [0.15, 0.2) is 24.3 Å². The number of carbonyl (C=O) groups is 1. The van der Waals surface area contributed by atoms with Gasteiger partial charge in [0.2, 0.25) is 0 Å². The number of nitrogens with one attached hydrogen (secondary N) is 1. The van der Waals surface area contributed by atoms with Gasteiger partial charge in [0.05, 0.1) is 6.61 Å². The fourth-order valence-corrected chi connectivity index (χ4v) is 2.26. The summed E-state index contributed by atoms with van der Waals surface area (Å²) in [7, 11) is 0. The van der Waals surface area contributed by atoms with Gasteiger partial charge in [0, 0.05) is 31.2 Å². The number of nitrogens with zero attached hydrogens (tertiary/aromatic N) is 1. The van der Waals surface area contributed by atoms with Crippen molar-refractivity contribution in [2.45, 2.75) is 33.0 Å². The largest absolute Gasteiger partial charge is 0.444 e. The SMILES string of the molecule is CC(C)(C)OC(=O)NCC1CN(c2ccc(CO)cc2)C1. The maximum Gasteiger partial charge on any atom is 0.407 e. The first-order chi connectivity index (χ1) is 9.87. The third-order valence-corrected chi connectivity index (χ3v) is 3.38. The number of ether oxygens (including phenoxy) is 1. The highest BCUT2D eigenvalue weighted by Crippen LogP contribution is 2.24. The van der Waals surface area contributed by atoms with Crippen LogP contribution in [-0.4, -0.2) is 36.4 Å². The average Bonchev–Trinajstić information content (AvgIpc) is 2.35. The van der Waals surface area contributed by atoms with Crippen LogP contribution >= 0.6 is 0 Å². The van der Waals surface area contributed by atoms with Crippen LogP contribution in [0.3, 0.4) is 0 Å². The van der Waals surface area contributed by atoms with E-state index >= 15 is 0 Å². The molecule has 0 aliphatic carbocycles. The highest BCUT2D eigenvalue weighted by atomic mass is 16.6. The van der Waals surface area contributed by atoms with Gasteiger partial charge in [-0.1, -0.05) is 12.1 Å². The van der Waals surface area contributed by atoms with Crippen molar-refractivity contribution < 1.29 is 14.6 Å². The number of aliphatic hydroxyl groups excluding tert-OH is 1. The predicted molar refractivity (Wildman–Crippen MR) is 82.3 cm³/mol. The molecule has 1 aromatic carbocycles. The van der Waals surface area contributed by atoms with E-state index in [1.165, 1.54) is 0 Å². The second-order valence-corrected chi connectivity index (χ2v) is 6.48. The van der Waals surface area contributed by atoms with Gasteiger partial charge in [0.25, 0.3) is 0 Å². The Balaban J connectivity index is 1.70. The lowest BCUT2D eigenvalue weighted by Crippen LogP contribution is -2.51. The summed E-state index contributed by atoms with van der Waals surface area (Å²) < 4.78 is 5.21. The number of hydrogen-bond acceptors (Lipinski definition) is 4. The molecule has 1 aliphatic heterocycles. The minimum absolute atomic E-state index is 0.0721. The maximum absolute atomic E-state index is 11.6. The van der Waals surface area contributed by atoms with Crippen LogP contribution in [0.25, 0.3) is 0 Å². The molecule has 0 bridgehead atoms. The molecule has 1 fully saturated rings. The molecule has 0 atom stereocenters. The number of aliphatic hydroxyl groups is 1. The zero-order valence-corrected chi connectivity index (χ0v) is 12.9. The second kappa shape index (κ2) is 6.35. The molecular formula is C16H24N2O3. The summed E-state index contributed by atoms with van der Waals surface area (Å²) in [5.74, 6) is 0.454. The fourth-order valence-electron chi connectivity index (χ4n) is 2.26. The van der Waals surface area contributed by atoms with Crippen LogP contribution in [-0.2, 0) is 11.3 Å². The van der Waals surface area contributed by atoms with Crippen molar-refractivity contribution in [2.75, 3.05) is 24.5 Å². The monoisotopic (exact) mass is 292 g/mol. The third-order valence-electron chi connectivity index (χ3n) is 3.38. The molecule has 0 aromatic heterocycles. The molecule has 1 heterocycles. The summed E-state index contributed by atoms with van der Waals surface area (Å²) in [6.07, 6.45) is -0.353. The number of alkyl carbamates (subject to hydrolysis) is 1. The lowest BCUT2D eigenvalue weighted by Gasteiger charge is -2.41. The maximum atomic E-state index is 11.6. The first kappa shape index (κ1) is 15.6. The van der Waals surface area contributed by atoms with Gasteiger partial charge in [-0.2, -0.15) is 0 Å². The Bertz CT molecular complexity index is 473. The van der Waals surface area contributed by atoms with Gasteiger partial charge < -0.3 is 20.1 Å². The molecule has 1 saturated heterocycles. The smallest absolute Gasteiger partial charge is 0.407 e. The summed E-state index contributed by atoms with van der Waals surface area (Å²) >= 11 is 0. The summed E-state index contributed by atoms with van der Waals surface area (Å²) in [5, 5.41) is 11.8. The number of hydrogen-bond donors (Lipinski definition) is 2. The molecule has 0 unspecified atom stereocenters. The normalized spacial score (nSPS) is 15.5. The topological polar surface area (TPSA) is 61.8 Å². The fraction of sp³-hybridized carbons (Fsp3) is 0.562. The van der Waals surface area contributed by atoms with Gasteiger partial charge in [-0.3, -0.25) is 0 Å². The van der Waals surface area contributed by atoms with E-state index < -0.39 is 5.60 Å². The van der Waals surface area contributed by atoms with E-state index in [2.05, 4.69) is 10.2 Å². The van der Waals surface area contributed by atoms with Gasteiger partial charge in [-0.25, -0.2) is 4.79 Å². The molecular weight excluding hydrogens is 268 g/mol. The van der Waals surface area contributed by atoms with Crippen molar-refractivity contribution >= 4 is 11.8 Å². The molecule has 2 N–H and O–H groups in total.